The van der Waals surface area contributed by atoms with Gasteiger partial charge >= 0.3 is 5.97 Å². The highest BCUT2D eigenvalue weighted by atomic mass is 32.1. The molecule has 1 aliphatic rings. The third-order valence-electron chi connectivity index (χ3n) is 3.97. The SMILES string of the molecule is COC(=O)c1c(NC(=S)Nc2ccon2)sc2c1CCCCCC2. The number of esters is 1. The van der Waals surface area contributed by atoms with Gasteiger partial charge in [0.1, 0.15) is 11.3 Å². The average Bonchev–Trinajstić information content (AvgIpc) is 3.15. The standard InChI is InChI=1S/C16H19N3O3S2/c1-21-15(20)13-10-6-4-2-3-5-7-11(10)24-14(13)18-16(23)17-12-8-9-22-19-12/h8-9H,2-7H2,1H3,(H2,17,18,19,23). The highest BCUT2D eigenvalue weighted by Crippen LogP contribution is 2.37. The van der Waals surface area contributed by atoms with E-state index in [1.54, 1.807) is 17.4 Å². The second kappa shape index (κ2) is 7.76. The van der Waals surface area contributed by atoms with E-state index in [1.807, 2.05) is 0 Å². The molecule has 0 aliphatic heterocycles. The molecule has 0 spiro atoms. The Morgan fingerprint density at radius 3 is 2.79 bits per heavy atom. The number of carbonyl (C=O) groups is 1. The van der Waals surface area contributed by atoms with Crippen molar-refractivity contribution in [3.8, 4) is 0 Å². The molecule has 128 valence electrons. The number of aryl methyl sites for hydroxylation is 1. The zero-order valence-electron chi connectivity index (χ0n) is 13.4. The number of nitrogens with one attached hydrogen (secondary N) is 2. The third-order valence-corrected chi connectivity index (χ3v) is 5.38. The zero-order chi connectivity index (χ0) is 16.9. The van der Waals surface area contributed by atoms with E-state index in [9.17, 15) is 4.79 Å². The number of anilines is 2. The van der Waals surface area contributed by atoms with E-state index in [2.05, 4.69) is 15.8 Å². The lowest BCUT2D eigenvalue weighted by molar-refractivity contribution is 0.0601. The van der Waals surface area contributed by atoms with Crippen LogP contribution in [-0.2, 0) is 17.6 Å². The lowest BCUT2D eigenvalue weighted by atomic mass is 9.96. The fourth-order valence-electron chi connectivity index (χ4n) is 2.85. The van der Waals surface area contributed by atoms with Crippen LogP contribution in [0.2, 0.25) is 0 Å². The molecular weight excluding hydrogens is 346 g/mol. The van der Waals surface area contributed by atoms with Crippen molar-refractivity contribution in [3.05, 3.63) is 28.3 Å². The highest BCUT2D eigenvalue weighted by molar-refractivity contribution is 7.80. The molecule has 0 bridgehead atoms. The maximum absolute atomic E-state index is 12.3. The molecule has 0 fully saturated rings. The third kappa shape index (κ3) is 3.76. The Labute approximate surface area is 149 Å². The van der Waals surface area contributed by atoms with Crippen molar-refractivity contribution in [2.24, 2.45) is 0 Å². The molecule has 0 atom stereocenters. The predicted molar refractivity (Wildman–Crippen MR) is 97.9 cm³/mol. The van der Waals surface area contributed by atoms with Crippen molar-refractivity contribution in [2.75, 3.05) is 17.7 Å². The van der Waals surface area contributed by atoms with Gasteiger partial charge < -0.3 is 19.9 Å². The number of carbonyl (C=O) groups excluding carboxylic acids is 1. The normalized spacial score (nSPS) is 14.2. The van der Waals surface area contributed by atoms with E-state index in [0.29, 0.717) is 16.5 Å². The van der Waals surface area contributed by atoms with Gasteiger partial charge in [-0.2, -0.15) is 0 Å². The van der Waals surface area contributed by atoms with E-state index in [-0.39, 0.29) is 5.97 Å². The minimum atomic E-state index is -0.320. The fourth-order valence-corrected chi connectivity index (χ4v) is 4.41. The van der Waals surface area contributed by atoms with Crippen LogP contribution in [0.1, 0.15) is 46.5 Å². The molecule has 0 unspecified atom stereocenters. The summed E-state index contributed by atoms with van der Waals surface area (Å²) in [6, 6.07) is 1.67. The van der Waals surface area contributed by atoms with Gasteiger partial charge in [-0.25, -0.2) is 4.79 Å². The molecule has 2 heterocycles. The topological polar surface area (TPSA) is 76.4 Å². The first-order chi connectivity index (χ1) is 11.7. The number of nitrogens with zero attached hydrogens (tertiary/aromatic N) is 1. The van der Waals surface area contributed by atoms with Gasteiger partial charge in [0, 0.05) is 10.9 Å². The first-order valence-corrected chi connectivity index (χ1v) is 9.12. The predicted octanol–water partition coefficient (Wildman–Crippen LogP) is 3.99. The summed E-state index contributed by atoms with van der Waals surface area (Å²) in [5, 5.41) is 10.9. The summed E-state index contributed by atoms with van der Waals surface area (Å²) < 4.78 is 9.77. The van der Waals surface area contributed by atoms with E-state index in [0.717, 1.165) is 36.2 Å². The van der Waals surface area contributed by atoms with Gasteiger partial charge in [0.15, 0.2) is 10.9 Å². The van der Waals surface area contributed by atoms with E-state index in [4.69, 9.17) is 21.5 Å². The van der Waals surface area contributed by atoms with Crippen LogP contribution in [0.5, 0.6) is 0 Å². The molecule has 0 saturated heterocycles. The van der Waals surface area contributed by atoms with Crippen LogP contribution >= 0.6 is 23.6 Å². The molecule has 1 aliphatic carbocycles. The van der Waals surface area contributed by atoms with Crippen molar-refractivity contribution < 1.29 is 14.1 Å². The quantitative estimate of drug-likeness (QED) is 0.629. The van der Waals surface area contributed by atoms with Crippen molar-refractivity contribution in [3.63, 3.8) is 0 Å². The highest BCUT2D eigenvalue weighted by Gasteiger charge is 2.25. The van der Waals surface area contributed by atoms with Crippen LogP contribution in [0, 0.1) is 0 Å². The van der Waals surface area contributed by atoms with Crippen LogP contribution < -0.4 is 10.6 Å². The summed E-state index contributed by atoms with van der Waals surface area (Å²) in [5.74, 6) is 0.196. The van der Waals surface area contributed by atoms with Gasteiger partial charge in [0.2, 0.25) is 0 Å². The second-order valence-electron chi connectivity index (χ2n) is 5.58. The Kier molecular flexibility index (Phi) is 5.47. The van der Waals surface area contributed by atoms with Crippen LogP contribution in [0.25, 0.3) is 0 Å². The maximum atomic E-state index is 12.3. The number of thiophene rings is 1. The first kappa shape index (κ1) is 16.9. The number of rotatable bonds is 3. The van der Waals surface area contributed by atoms with E-state index >= 15 is 0 Å². The maximum Gasteiger partial charge on any atom is 0.341 e. The molecule has 6 nitrogen and oxygen atoms in total. The summed E-state index contributed by atoms with van der Waals surface area (Å²) in [5.41, 5.74) is 1.72. The fraction of sp³-hybridized carbons (Fsp3) is 0.438. The van der Waals surface area contributed by atoms with Crippen molar-refractivity contribution in [1.29, 1.82) is 0 Å². The van der Waals surface area contributed by atoms with Gasteiger partial charge in [-0.1, -0.05) is 18.0 Å². The number of methoxy groups -OCH3 is 1. The molecular formula is C16H19N3O3S2. The summed E-state index contributed by atoms with van der Waals surface area (Å²) in [6.45, 7) is 0. The zero-order valence-corrected chi connectivity index (χ0v) is 15.0. The Morgan fingerprint density at radius 2 is 2.08 bits per heavy atom. The number of ether oxygens (including phenoxy) is 1. The van der Waals surface area contributed by atoms with E-state index < -0.39 is 0 Å². The van der Waals surface area contributed by atoms with Crippen molar-refractivity contribution in [1.82, 2.24) is 5.16 Å². The molecule has 0 saturated carbocycles. The van der Waals surface area contributed by atoms with Gasteiger partial charge in [-0.15, -0.1) is 11.3 Å². The summed E-state index contributed by atoms with van der Waals surface area (Å²) in [4.78, 5) is 13.6. The van der Waals surface area contributed by atoms with Crippen molar-refractivity contribution >= 4 is 45.5 Å². The molecule has 2 aromatic rings. The Hall–Kier alpha value is -1.93. The number of hydrogen-bond acceptors (Lipinski definition) is 6. The van der Waals surface area contributed by atoms with Crippen LogP contribution in [-0.4, -0.2) is 23.3 Å². The summed E-state index contributed by atoms with van der Waals surface area (Å²) >= 11 is 6.90. The largest absolute Gasteiger partial charge is 0.465 e. The lowest BCUT2D eigenvalue weighted by Gasteiger charge is -2.11. The molecule has 2 aromatic heterocycles. The number of thiocarbonyl (C=S) groups is 1. The van der Waals surface area contributed by atoms with Gasteiger partial charge in [-0.3, -0.25) is 0 Å². The molecule has 0 amide bonds. The minimum absolute atomic E-state index is 0.320. The molecule has 0 aromatic carbocycles. The number of fused-ring (bicyclic) bond motifs is 1. The van der Waals surface area contributed by atoms with Gasteiger partial charge in [0.05, 0.1) is 12.7 Å². The first-order valence-electron chi connectivity index (χ1n) is 7.90. The van der Waals surface area contributed by atoms with Gasteiger partial charge in [0.25, 0.3) is 0 Å². The monoisotopic (exact) mass is 365 g/mol. The molecule has 0 radical (unpaired) electrons. The Morgan fingerprint density at radius 1 is 1.29 bits per heavy atom. The molecule has 8 heteroatoms. The summed E-state index contributed by atoms with van der Waals surface area (Å²) in [7, 11) is 1.41. The second-order valence-corrected chi connectivity index (χ2v) is 7.09. The van der Waals surface area contributed by atoms with Crippen LogP contribution in [0.4, 0.5) is 10.8 Å². The summed E-state index contributed by atoms with van der Waals surface area (Å²) in [6.07, 6.45) is 8.03. The Bertz CT molecular complexity index is 725. The van der Waals surface area contributed by atoms with Crippen LogP contribution in [0.15, 0.2) is 16.9 Å². The smallest absolute Gasteiger partial charge is 0.341 e. The van der Waals surface area contributed by atoms with Crippen molar-refractivity contribution in [2.45, 2.75) is 38.5 Å². The van der Waals surface area contributed by atoms with E-state index in [1.165, 1.54) is 31.1 Å². The van der Waals surface area contributed by atoms with Gasteiger partial charge in [-0.05, 0) is 43.5 Å². The minimum Gasteiger partial charge on any atom is -0.465 e. The number of hydrogen-bond donors (Lipinski definition) is 2. The molecule has 3 rings (SSSR count). The Balaban J connectivity index is 1.86. The average molecular weight is 365 g/mol. The molecule has 2 N–H and O–H groups in total. The van der Waals surface area contributed by atoms with Crippen LogP contribution in [0.3, 0.4) is 0 Å². The molecule has 24 heavy (non-hydrogen) atoms. The lowest BCUT2D eigenvalue weighted by Crippen LogP contribution is -2.20. The number of aromatic nitrogens is 1.